The highest BCUT2D eigenvalue weighted by Gasteiger charge is 2.22. The van der Waals surface area contributed by atoms with Gasteiger partial charge in [-0.15, -0.1) is 0 Å². The molecule has 0 aromatic heterocycles. The number of nitrogens with one attached hydrogen (secondary N) is 1. The van der Waals surface area contributed by atoms with Crippen LogP contribution >= 0.6 is 34.8 Å². The minimum atomic E-state index is -0.560. The van der Waals surface area contributed by atoms with E-state index in [0.717, 1.165) is 5.69 Å². The van der Waals surface area contributed by atoms with Crippen LogP contribution < -0.4 is 10.2 Å². The Bertz CT molecular complexity index is 795. The molecule has 25 heavy (non-hydrogen) atoms. The molecule has 3 rings (SSSR count). The fourth-order valence-electron chi connectivity index (χ4n) is 2.63. The topological polar surface area (TPSA) is 35.6 Å². The number of amides is 2. The summed E-state index contributed by atoms with van der Waals surface area (Å²) in [7, 11) is 0. The molecule has 0 radical (unpaired) electrons. The minimum absolute atomic E-state index is 0.112. The van der Waals surface area contributed by atoms with E-state index in [1.807, 2.05) is 12.1 Å². The second-order valence-electron chi connectivity index (χ2n) is 5.63. The largest absolute Gasteiger partial charge is 0.368 e. The van der Waals surface area contributed by atoms with Crippen molar-refractivity contribution < 1.29 is 9.18 Å². The monoisotopic (exact) mass is 401 g/mol. The molecule has 0 unspecified atom stereocenters. The van der Waals surface area contributed by atoms with Gasteiger partial charge in [0.05, 0.1) is 15.7 Å². The van der Waals surface area contributed by atoms with Gasteiger partial charge in [0.1, 0.15) is 5.82 Å². The molecule has 0 aliphatic carbocycles. The first-order valence-corrected chi connectivity index (χ1v) is 8.78. The van der Waals surface area contributed by atoms with Gasteiger partial charge in [0, 0.05) is 36.9 Å². The van der Waals surface area contributed by atoms with Gasteiger partial charge in [-0.25, -0.2) is 9.18 Å². The molecule has 1 N–H and O–H groups in total. The lowest BCUT2D eigenvalue weighted by molar-refractivity contribution is 0.208. The maximum absolute atomic E-state index is 13.8. The number of piperazine rings is 1. The van der Waals surface area contributed by atoms with E-state index in [4.69, 9.17) is 34.8 Å². The van der Waals surface area contributed by atoms with Gasteiger partial charge in [-0.1, -0.05) is 34.8 Å². The second kappa shape index (κ2) is 7.68. The highest BCUT2D eigenvalue weighted by atomic mass is 35.5. The van der Waals surface area contributed by atoms with Gasteiger partial charge in [-0.2, -0.15) is 0 Å². The Morgan fingerprint density at radius 2 is 1.68 bits per heavy atom. The van der Waals surface area contributed by atoms with E-state index in [9.17, 15) is 9.18 Å². The van der Waals surface area contributed by atoms with E-state index in [2.05, 4.69) is 10.2 Å². The molecule has 1 saturated heterocycles. The number of hydrogen-bond acceptors (Lipinski definition) is 2. The Hall–Kier alpha value is -1.69. The summed E-state index contributed by atoms with van der Waals surface area (Å²) in [6, 6.07) is 9.26. The van der Waals surface area contributed by atoms with Crippen LogP contribution in [-0.2, 0) is 0 Å². The Morgan fingerprint density at radius 3 is 2.32 bits per heavy atom. The van der Waals surface area contributed by atoms with Crippen LogP contribution in [0.2, 0.25) is 15.1 Å². The molecule has 1 aliphatic rings. The van der Waals surface area contributed by atoms with Gasteiger partial charge in [0.15, 0.2) is 0 Å². The third-order valence-electron chi connectivity index (χ3n) is 4.01. The molecule has 1 aliphatic heterocycles. The molecule has 2 aromatic rings. The quantitative estimate of drug-likeness (QED) is 0.755. The summed E-state index contributed by atoms with van der Waals surface area (Å²) in [6.45, 7) is 2.32. The van der Waals surface area contributed by atoms with E-state index < -0.39 is 5.82 Å². The first-order chi connectivity index (χ1) is 11.9. The van der Waals surface area contributed by atoms with Gasteiger partial charge in [-0.3, -0.25) is 0 Å². The van der Waals surface area contributed by atoms with Crippen molar-refractivity contribution in [2.45, 2.75) is 0 Å². The third-order valence-corrected chi connectivity index (χ3v) is 4.98. The van der Waals surface area contributed by atoms with Crippen LogP contribution in [0.1, 0.15) is 0 Å². The van der Waals surface area contributed by atoms with Crippen LogP contribution in [0.25, 0.3) is 0 Å². The summed E-state index contributed by atoms with van der Waals surface area (Å²) < 4.78 is 13.8. The van der Waals surface area contributed by atoms with Crippen molar-refractivity contribution in [1.82, 2.24) is 4.90 Å². The van der Waals surface area contributed by atoms with Gasteiger partial charge in [0.25, 0.3) is 0 Å². The van der Waals surface area contributed by atoms with Crippen molar-refractivity contribution in [3.8, 4) is 0 Å². The van der Waals surface area contributed by atoms with E-state index in [-0.39, 0.29) is 16.7 Å². The Kier molecular flexibility index (Phi) is 5.57. The normalized spacial score (nSPS) is 14.6. The average Bonchev–Trinajstić information content (AvgIpc) is 2.60. The molecule has 0 bridgehead atoms. The highest BCUT2D eigenvalue weighted by Crippen LogP contribution is 2.28. The van der Waals surface area contributed by atoms with Crippen LogP contribution in [0.4, 0.5) is 20.6 Å². The summed E-state index contributed by atoms with van der Waals surface area (Å²) in [5, 5.41) is 3.86. The number of anilines is 2. The fraction of sp³-hybridized carbons (Fsp3) is 0.235. The number of carbonyl (C=O) groups excluding carboxylic acids is 1. The number of hydrogen-bond donors (Lipinski definition) is 1. The van der Waals surface area contributed by atoms with Crippen LogP contribution in [0, 0.1) is 5.82 Å². The Labute approximate surface area is 160 Å². The van der Waals surface area contributed by atoms with Gasteiger partial charge in [-0.05, 0) is 36.4 Å². The van der Waals surface area contributed by atoms with Crippen LogP contribution in [0.15, 0.2) is 36.4 Å². The maximum atomic E-state index is 13.8. The first kappa shape index (κ1) is 18.1. The molecule has 2 amide bonds. The molecule has 132 valence electrons. The number of nitrogens with zero attached hydrogens (tertiary/aromatic N) is 2. The van der Waals surface area contributed by atoms with Crippen LogP contribution in [-0.4, -0.2) is 37.1 Å². The molecule has 0 atom stereocenters. The van der Waals surface area contributed by atoms with Gasteiger partial charge >= 0.3 is 6.03 Å². The number of rotatable bonds is 2. The van der Waals surface area contributed by atoms with Crippen molar-refractivity contribution in [3.63, 3.8) is 0 Å². The van der Waals surface area contributed by atoms with Crippen LogP contribution in [0.5, 0.6) is 0 Å². The van der Waals surface area contributed by atoms with Gasteiger partial charge < -0.3 is 15.1 Å². The highest BCUT2D eigenvalue weighted by molar-refractivity contribution is 6.42. The molecule has 0 spiro atoms. The van der Waals surface area contributed by atoms with Crippen molar-refractivity contribution in [2.75, 3.05) is 36.4 Å². The fourth-order valence-corrected chi connectivity index (χ4v) is 3.09. The number of halogens is 4. The minimum Gasteiger partial charge on any atom is -0.368 e. The van der Waals surface area contributed by atoms with Crippen molar-refractivity contribution >= 4 is 52.2 Å². The summed E-state index contributed by atoms with van der Waals surface area (Å²) in [5.74, 6) is -0.560. The van der Waals surface area contributed by atoms with Gasteiger partial charge in [0.2, 0.25) is 0 Å². The maximum Gasteiger partial charge on any atom is 0.322 e. The Morgan fingerprint density at radius 1 is 0.960 bits per heavy atom. The van der Waals surface area contributed by atoms with Crippen molar-refractivity contribution in [1.29, 1.82) is 0 Å². The van der Waals surface area contributed by atoms with Crippen LogP contribution in [0.3, 0.4) is 0 Å². The predicted molar refractivity (Wildman–Crippen MR) is 101 cm³/mol. The molecule has 0 saturated carbocycles. The number of urea groups is 1. The molecule has 4 nitrogen and oxygen atoms in total. The van der Waals surface area contributed by atoms with E-state index in [1.165, 1.54) is 18.2 Å². The molecule has 2 aromatic carbocycles. The summed E-state index contributed by atoms with van der Waals surface area (Å²) in [6.07, 6.45) is 0. The SMILES string of the molecule is O=C(Nc1ccc(Cl)cc1F)N1CCN(c2ccc(Cl)c(Cl)c2)CC1. The Balaban J connectivity index is 1.59. The second-order valence-corrected chi connectivity index (χ2v) is 6.88. The standard InChI is InChI=1S/C17H15Cl3FN3O/c18-11-1-4-16(15(21)9-11)22-17(25)24-7-5-23(6-8-24)12-2-3-13(19)14(20)10-12/h1-4,9-10H,5-8H2,(H,22,25). The molecule has 1 fully saturated rings. The van der Waals surface area contributed by atoms with E-state index in [1.54, 1.807) is 11.0 Å². The van der Waals surface area contributed by atoms with E-state index in [0.29, 0.717) is 36.2 Å². The lowest BCUT2D eigenvalue weighted by atomic mass is 10.2. The lowest BCUT2D eigenvalue weighted by Crippen LogP contribution is -2.50. The number of carbonyl (C=O) groups is 1. The van der Waals surface area contributed by atoms with Crippen molar-refractivity contribution in [3.05, 3.63) is 57.3 Å². The zero-order valence-electron chi connectivity index (χ0n) is 13.1. The molecular weight excluding hydrogens is 388 g/mol. The zero-order valence-corrected chi connectivity index (χ0v) is 15.4. The summed E-state index contributed by atoms with van der Waals surface area (Å²) >= 11 is 17.7. The van der Waals surface area contributed by atoms with Crippen molar-refractivity contribution in [2.24, 2.45) is 0 Å². The summed E-state index contributed by atoms with van der Waals surface area (Å²) in [5.41, 5.74) is 1.07. The molecule has 8 heteroatoms. The molecular formula is C17H15Cl3FN3O. The van der Waals surface area contributed by atoms with E-state index >= 15 is 0 Å². The third kappa shape index (κ3) is 4.29. The summed E-state index contributed by atoms with van der Waals surface area (Å²) in [4.78, 5) is 16.1. The predicted octanol–water partition coefficient (Wildman–Crippen LogP) is 5.14. The first-order valence-electron chi connectivity index (χ1n) is 7.65. The lowest BCUT2D eigenvalue weighted by Gasteiger charge is -2.36. The average molecular weight is 403 g/mol. The smallest absolute Gasteiger partial charge is 0.322 e. The number of benzene rings is 2. The molecule has 1 heterocycles. The zero-order chi connectivity index (χ0) is 18.0.